The van der Waals surface area contributed by atoms with E-state index in [1.165, 1.54) is 24.1 Å². The summed E-state index contributed by atoms with van der Waals surface area (Å²) in [6.45, 7) is 0. The van der Waals surface area contributed by atoms with E-state index in [0.717, 1.165) is 16.1 Å². The molecule has 0 aliphatic rings. The number of hydrogen-bond acceptors (Lipinski definition) is 5. The third kappa shape index (κ3) is 3.02. The van der Waals surface area contributed by atoms with Gasteiger partial charge in [0.1, 0.15) is 0 Å². The summed E-state index contributed by atoms with van der Waals surface area (Å²) >= 11 is 2.42. The van der Waals surface area contributed by atoms with Gasteiger partial charge in [0.25, 0.3) is 0 Å². The summed E-state index contributed by atoms with van der Waals surface area (Å²) in [7, 11) is 3.16. The van der Waals surface area contributed by atoms with Crippen LogP contribution in [0, 0.1) is 0 Å². The Hall–Kier alpha value is -0.490. The SMILES string of the molecule is COSc1ccc(C=O)c(SOC)c1. The van der Waals surface area contributed by atoms with Crippen LogP contribution in [0.5, 0.6) is 0 Å². The smallest absolute Gasteiger partial charge is 0.151 e. The maximum Gasteiger partial charge on any atom is 0.151 e. The molecule has 1 aromatic rings. The van der Waals surface area contributed by atoms with Crippen LogP contribution in [0.4, 0.5) is 0 Å². The summed E-state index contributed by atoms with van der Waals surface area (Å²) in [5, 5.41) is 0. The zero-order valence-corrected chi connectivity index (χ0v) is 9.48. The minimum absolute atomic E-state index is 0.623. The molecule has 1 aromatic carbocycles. The number of aldehydes is 1. The predicted octanol–water partition coefficient (Wildman–Crippen LogP) is 2.81. The monoisotopic (exact) mass is 230 g/mol. The maximum atomic E-state index is 10.7. The van der Waals surface area contributed by atoms with Crippen LogP contribution in [0.1, 0.15) is 10.4 Å². The molecule has 0 N–H and O–H groups in total. The topological polar surface area (TPSA) is 35.5 Å². The molecule has 0 radical (unpaired) electrons. The van der Waals surface area contributed by atoms with E-state index >= 15 is 0 Å². The van der Waals surface area contributed by atoms with Gasteiger partial charge in [0.15, 0.2) is 6.29 Å². The molecule has 14 heavy (non-hydrogen) atoms. The zero-order chi connectivity index (χ0) is 10.4. The molecule has 0 amide bonds. The molecule has 0 unspecified atom stereocenters. The molecule has 0 saturated carbocycles. The first kappa shape index (κ1) is 11.6. The highest BCUT2D eigenvalue weighted by atomic mass is 32.2. The number of carbonyl (C=O) groups is 1. The molecule has 0 bridgehead atoms. The average Bonchev–Trinajstić information content (AvgIpc) is 2.19. The van der Waals surface area contributed by atoms with Crippen LogP contribution in [-0.4, -0.2) is 20.5 Å². The van der Waals surface area contributed by atoms with Gasteiger partial charge >= 0.3 is 0 Å². The van der Waals surface area contributed by atoms with E-state index in [2.05, 4.69) is 0 Å². The Morgan fingerprint density at radius 3 is 2.50 bits per heavy atom. The summed E-state index contributed by atoms with van der Waals surface area (Å²) in [6.07, 6.45) is 0.808. The van der Waals surface area contributed by atoms with Crippen molar-refractivity contribution in [3.63, 3.8) is 0 Å². The minimum Gasteiger partial charge on any atom is -0.314 e. The minimum atomic E-state index is 0.623. The van der Waals surface area contributed by atoms with E-state index in [1.54, 1.807) is 20.3 Å². The van der Waals surface area contributed by atoms with Gasteiger partial charge in [-0.05, 0) is 18.2 Å². The highest BCUT2D eigenvalue weighted by Gasteiger charge is 2.04. The molecule has 0 aliphatic heterocycles. The Morgan fingerprint density at radius 1 is 1.21 bits per heavy atom. The van der Waals surface area contributed by atoms with Crippen molar-refractivity contribution >= 4 is 30.4 Å². The van der Waals surface area contributed by atoms with Crippen molar-refractivity contribution in [3.05, 3.63) is 23.8 Å². The normalized spacial score (nSPS) is 10.1. The lowest BCUT2D eigenvalue weighted by Crippen LogP contribution is -1.86. The Morgan fingerprint density at radius 2 is 1.93 bits per heavy atom. The van der Waals surface area contributed by atoms with Gasteiger partial charge in [0, 0.05) is 39.4 Å². The molecular formula is C9H10O3S2. The summed E-state index contributed by atoms with van der Waals surface area (Å²) < 4.78 is 9.82. The Bertz CT molecular complexity index is 315. The quantitative estimate of drug-likeness (QED) is 0.574. The van der Waals surface area contributed by atoms with Crippen molar-refractivity contribution in [3.8, 4) is 0 Å². The molecule has 0 spiro atoms. The Labute approximate surface area is 91.6 Å². The summed E-state index contributed by atoms with van der Waals surface area (Å²) in [4.78, 5) is 12.4. The largest absolute Gasteiger partial charge is 0.314 e. The number of hydrogen-bond donors (Lipinski definition) is 0. The fourth-order valence-electron chi connectivity index (χ4n) is 0.922. The van der Waals surface area contributed by atoms with Gasteiger partial charge in [-0.3, -0.25) is 4.79 Å². The van der Waals surface area contributed by atoms with Crippen LogP contribution in [0.25, 0.3) is 0 Å². The second-order valence-corrected chi connectivity index (χ2v) is 4.23. The van der Waals surface area contributed by atoms with E-state index in [0.29, 0.717) is 5.56 Å². The molecule has 0 aromatic heterocycles. The molecule has 1 rings (SSSR count). The molecule has 0 atom stereocenters. The van der Waals surface area contributed by atoms with Crippen molar-refractivity contribution in [2.75, 3.05) is 14.2 Å². The Kier molecular flexibility index (Phi) is 5.03. The lowest BCUT2D eigenvalue weighted by molar-refractivity contribution is 0.112. The molecule has 0 heterocycles. The van der Waals surface area contributed by atoms with E-state index in [9.17, 15) is 4.79 Å². The highest BCUT2D eigenvalue weighted by Crippen LogP contribution is 2.28. The summed E-state index contributed by atoms with van der Waals surface area (Å²) in [5.74, 6) is 0. The Balaban J connectivity index is 2.94. The maximum absolute atomic E-state index is 10.7. The molecule has 0 aliphatic carbocycles. The molecular weight excluding hydrogens is 220 g/mol. The first-order valence-corrected chi connectivity index (χ1v) is 5.30. The summed E-state index contributed by atoms with van der Waals surface area (Å²) in [5.41, 5.74) is 0.623. The molecule has 3 nitrogen and oxygen atoms in total. The second kappa shape index (κ2) is 6.08. The van der Waals surface area contributed by atoms with E-state index in [4.69, 9.17) is 8.37 Å². The van der Waals surface area contributed by atoms with Crippen LogP contribution in [-0.2, 0) is 8.37 Å². The summed E-state index contributed by atoms with van der Waals surface area (Å²) in [6, 6.07) is 5.43. The first-order chi connectivity index (χ1) is 6.81. The van der Waals surface area contributed by atoms with Crippen molar-refractivity contribution in [2.45, 2.75) is 9.79 Å². The fraction of sp³-hybridized carbons (Fsp3) is 0.222. The lowest BCUT2D eigenvalue weighted by atomic mass is 10.2. The van der Waals surface area contributed by atoms with Gasteiger partial charge in [0.2, 0.25) is 0 Å². The van der Waals surface area contributed by atoms with Crippen LogP contribution in [0.3, 0.4) is 0 Å². The molecule has 5 heteroatoms. The van der Waals surface area contributed by atoms with Crippen molar-refractivity contribution in [1.82, 2.24) is 0 Å². The zero-order valence-electron chi connectivity index (χ0n) is 7.85. The third-order valence-corrected chi connectivity index (χ3v) is 2.78. The van der Waals surface area contributed by atoms with E-state index < -0.39 is 0 Å². The highest BCUT2D eigenvalue weighted by molar-refractivity contribution is 7.95. The average molecular weight is 230 g/mol. The van der Waals surface area contributed by atoms with Gasteiger partial charge in [0.05, 0.1) is 14.2 Å². The van der Waals surface area contributed by atoms with Crippen LogP contribution in [0.2, 0.25) is 0 Å². The van der Waals surface area contributed by atoms with Crippen molar-refractivity contribution in [1.29, 1.82) is 0 Å². The van der Waals surface area contributed by atoms with E-state index in [1.807, 2.05) is 12.1 Å². The second-order valence-electron chi connectivity index (χ2n) is 2.32. The molecule has 0 saturated heterocycles. The third-order valence-electron chi connectivity index (χ3n) is 1.46. The van der Waals surface area contributed by atoms with Crippen LogP contribution < -0.4 is 0 Å². The standard InChI is InChI=1S/C9H10O3S2/c1-11-13-8-4-3-7(6-10)9(5-8)14-12-2/h3-6H,1-2H3. The molecule has 0 fully saturated rings. The lowest BCUT2D eigenvalue weighted by Gasteiger charge is -2.04. The van der Waals surface area contributed by atoms with Gasteiger partial charge in [-0.1, -0.05) is 0 Å². The van der Waals surface area contributed by atoms with Crippen LogP contribution >= 0.6 is 24.1 Å². The van der Waals surface area contributed by atoms with Crippen molar-refractivity contribution in [2.24, 2.45) is 0 Å². The van der Waals surface area contributed by atoms with Gasteiger partial charge in [-0.15, -0.1) is 0 Å². The van der Waals surface area contributed by atoms with E-state index in [-0.39, 0.29) is 0 Å². The van der Waals surface area contributed by atoms with Gasteiger partial charge < -0.3 is 8.37 Å². The van der Waals surface area contributed by atoms with Gasteiger partial charge in [-0.25, -0.2) is 0 Å². The fourth-order valence-corrected chi connectivity index (χ4v) is 2.05. The van der Waals surface area contributed by atoms with Crippen LogP contribution in [0.15, 0.2) is 28.0 Å². The first-order valence-electron chi connectivity index (χ1n) is 3.82. The van der Waals surface area contributed by atoms with Crippen molar-refractivity contribution < 1.29 is 13.2 Å². The predicted molar refractivity (Wildman–Crippen MR) is 57.6 cm³/mol. The number of benzene rings is 1. The number of rotatable bonds is 5. The molecule has 76 valence electrons. The number of carbonyl (C=O) groups excluding carboxylic acids is 1. The van der Waals surface area contributed by atoms with Gasteiger partial charge in [-0.2, -0.15) is 0 Å².